The van der Waals surface area contributed by atoms with E-state index >= 15 is 0 Å². The van der Waals surface area contributed by atoms with Crippen LogP contribution in [-0.4, -0.2) is 43.0 Å². The van der Waals surface area contributed by atoms with Gasteiger partial charge < -0.3 is 0 Å². The van der Waals surface area contributed by atoms with Gasteiger partial charge in [-0.1, -0.05) is 0 Å². The van der Waals surface area contributed by atoms with Crippen molar-refractivity contribution >= 4 is 55.7 Å². The van der Waals surface area contributed by atoms with Crippen LogP contribution in [-0.2, 0) is 14.0 Å². The maximum absolute atomic E-state index is 12.5. The number of carbonyl (C=O) groups excluding carboxylic acids is 1. The Hall–Kier alpha value is -2.14. The predicted molar refractivity (Wildman–Crippen MR) is 141 cm³/mol. The molecule has 0 unspecified atom stereocenters. The van der Waals surface area contributed by atoms with E-state index in [4.69, 9.17) is 20.8 Å². The van der Waals surface area contributed by atoms with Gasteiger partial charge in [-0.3, -0.25) is 0 Å². The molecule has 0 bridgehead atoms. The number of esters is 1. The average molecular weight is 544 g/mol. The van der Waals surface area contributed by atoms with Gasteiger partial charge in [-0.25, -0.2) is 0 Å². The van der Waals surface area contributed by atoms with Gasteiger partial charge in [0, 0.05) is 0 Å². The molecule has 0 saturated carbocycles. The molecule has 0 atom stereocenters. The summed E-state index contributed by atoms with van der Waals surface area (Å²) in [5.74, 6) is -0.323. The molecule has 0 aromatic heterocycles. The standard InChI is InChI=1S/C27H29ClO3SeSi/c1-27(2,3)33(23-11-7-5-8-12-23,24-13-9-6-10-14-24)31-20-19-25(26(29)30-4)32-22-17-15-21(28)16-18-22/h5-19H,20H2,1-4H3/b25-19-. The van der Waals surface area contributed by atoms with E-state index in [-0.39, 0.29) is 26.0 Å². The van der Waals surface area contributed by atoms with Crippen LogP contribution < -0.4 is 14.8 Å². The van der Waals surface area contributed by atoms with E-state index < -0.39 is 8.32 Å². The molecule has 0 radical (unpaired) electrons. The molecule has 0 spiro atoms. The summed E-state index contributed by atoms with van der Waals surface area (Å²) in [7, 11) is -1.25. The number of ether oxygens (including phenoxy) is 1. The van der Waals surface area contributed by atoms with Gasteiger partial charge in [0.2, 0.25) is 0 Å². The van der Waals surface area contributed by atoms with Crippen molar-refractivity contribution in [3.05, 3.63) is 100 Å². The maximum atomic E-state index is 12.5. The van der Waals surface area contributed by atoms with Gasteiger partial charge in [0.05, 0.1) is 0 Å². The normalized spacial score (nSPS) is 12.5. The fraction of sp³-hybridized carbons (Fsp3) is 0.222. The molecule has 33 heavy (non-hydrogen) atoms. The van der Waals surface area contributed by atoms with Crippen LogP contribution in [0.4, 0.5) is 0 Å². The van der Waals surface area contributed by atoms with Crippen molar-refractivity contribution in [2.24, 2.45) is 0 Å². The van der Waals surface area contributed by atoms with Crippen LogP contribution in [0.2, 0.25) is 10.1 Å². The Morgan fingerprint density at radius 3 is 1.88 bits per heavy atom. The number of rotatable bonds is 8. The first-order valence-corrected chi connectivity index (χ1v) is 14.7. The van der Waals surface area contributed by atoms with Crippen molar-refractivity contribution in [2.45, 2.75) is 25.8 Å². The van der Waals surface area contributed by atoms with Crippen LogP contribution in [0.5, 0.6) is 0 Å². The van der Waals surface area contributed by atoms with E-state index in [9.17, 15) is 4.79 Å². The Balaban J connectivity index is 1.99. The van der Waals surface area contributed by atoms with Gasteiger partial charge in [-0.2, -0.15) is 0 Å². The van der Waals surface area contributed by atoms with Gasteiger partial charge in [0.1, 0.15) is 0 Å². The molecule has 3 rings (SSSR count). The molecule has 172 valence electrons. The molecule has 0 saturated heterocycles. The zero-order chi connectivity index (χ0) is 23.9. The number of hydrogen-bond donors (Lipinski definition) is 0. The third-order valence-electron chi connectivity index (χ3n) is 5.41. The number of carbonyl (C=O) groups is 1. The van der Waals surface area contributed by atoms with E-state index in [0.29, 0.717) is 16.1 Å². The summed E-state index contributed by atoms with van der Waals surface area (Å²) < 4.78 is 13.6. The quantitative estimate of drug-likeness (QED) is 0.241. The van der Waals surface area contributed by atoms with E-state index in [1.165, 1.54) is 17.5 Å². The minimum absolute atomic E-state index is 0.129. The van der Waals surface area contributed by atoms with E-state index in [1.807, 2.05) is 42.5 Å². The molecule has 0 amide bonds. The van der Waals surface area contributed by atoms with Crippen molar-refractivity contribution in [1.82, 2.24) is 0 Å². The number of halogens is 1. The van der Waals surface area contributed by atoms with Gasteiger partial charge in [-0.05, 0) is 0 Å². The summed E-state index contributed by atoms with van der Waals surface area (Å²) in [6.45, 7) is 7.04. The van der Waals surface area contributed by atoms with Gasteiger partial charge in [0.25, 0.3) is 0 Å². The fourth-order valence-corrected chi connectivity index (χ4v) is 10.3. The summed E-state index contributed by atoms with van der Waals surface area (Å²) in [6.07, 6.45) is 1.89. The van der Waals surface area contributed by atoms with Crippen molar-refractivity contribution in [2.75, 3.05) is 13.7 Å². The van der Waals surface area contributed by atoms with Crippen molar-refractivity contribution < 1.29 is 14.0 Å². The van der Waals surface area contributed by atoms with E-state index in [0.717, 1.165) is 4.46 Å². The van der Waals surface area contributed by atoms with Gasteiger partial charge >= 0.3 is 210 Å². The number of benzene rings is 3. The summed E-state index contributed by atoms with van der Waals surface area (Å²) >= 11 is 5.80. The Bertz CT molecular complexity index is 1040. The zero-order valence-electron chi connectivity index (χ0n) is 19.4. The Labute approximate surface area is 209 Å². The first kappa shape index (κ1) is 25.5. The molecule has 0 aliphatic carbocycles. The first-order chi connectivity index (χ1) is 15.8. The van der Waals surface area contributed by atoms with Crippen molar-refractivity contribution in [1.29, 1.82) is 0 Å². The van der Waals surface area contributed by atoms with Gasteiger partial charge in [0.15, 0.2) is 0 Å². The Morgan fingerprint density at radius 1 is 0.909 bits per heavy atom. The zero-order valence-corrected chi connectivity index (χ0v) is 22.8. The number of hydrogen-bond acceptors (Lipinski definition) is 3. The summed E-state index contributed by atoms with van der Waals surface area (Å²) in [5.41, 5.74) is 0. The second-order valence-electron chi connectivity index (χ2n) is 8.59. The molecule has 3 aromatic rings. The monoisotopic (exact) mass is 544 g/mol. The SMILES string of the molecule is COC(=O)/C(=C/CO[Si](c1ccccc1)(c1ccccc1)C(C)(C)C)[Se]c1ccc(Cl)cc1. The summed E-state index contributed by atoms with van der Waals surface area (Å²) in [4.78, 5) is 12.5. The molecule has 0 N–H and O–H groups in total. The average Bonchev–Trinajstić information content (AvgIpc) is 2.82. The van der Waals surface area contributed by atoms with Gasteiger partial charge in [-0.15, -0.1) is 0 Å². The molecule has 6 heteroatoms. The third-order valence-corrected chi connectivity index (χ3v) is 12.9. The molecular weight excluding hydrogens is 515 g/mol. The Morgan fingerprint density at radius 2 is 1.42 bits per heavy atom. The van der Waals surface area contributed by atoms with Crippen molar-refractivity contribution in [3.8, 4) is 0 Å². The predicted octanol–water partition coefficient (Wildman–Crippen LogP) is 4.30. The van der Waals surface area contributed by atoms with Crippen LogP contribution in [0.3, 0.4) is 0 Å². The minimum atomic E-state index is -2.67. The molecule has 0 heterocycles. The van der Waals surface area contributed by atoms with Crippen LogP contribution in [0.25, 0.3) is 0 Å². The third kappa shape index (κ3) is 6.06. The van der Waals surface area contributed by atoms with Crippen molar-refractivity contribution in [3.63, 3.8) is 0 Å². The van der Waals surface area contributed by atoms with Crippen LogP contribution in [0, 0.1) is 0 Å². The van der Waals surface area contributed by atoms with E-state index in [2.05, 4.69) is 69.3 Å². The molecule has 0 fully saturated rings. The van der Waals surface area contributed by atoms with Crippen LogP contribution in [0.1, 0.15) is 20.8 Å². The van der Waals surface area contributed by atoms with E-state index in [1.54, 1.807) is 0 Å². The fourth-order valence-electron chi connectivity index (χ4n) is 3.90. The summed E-state index contributed by atoms with van der Waals surface area (Å²) in [6, 6.07) is 28.5. The topological polar surface area (TPSA) is 35.5 Å². The second-order valence-corrected chi connectivity index (χ2v) is 15.7. The Kier molecular flexibility index (Phi) is 8.74. The second kappa shape index (κ2) is 11.3. The molecule has 0 aliphatic heterocycles. The summed E-state index contributed by atoms with van der Waals surface area (Å²) in [5, 5.41) is 2.96. The molecule has 3 aromatic carbocycles. The first-order valence-electron chi connectivity index (χ1n) is 10.7. The van der Waals surface area contributed by atoms with Crippen LogP contribution >= 0.6 is 11.6 Å². The number of methoxy groups -OCH3 is 1. The van der Waals surface area contributed by atoms with Crippen LogP contribution in [0.15, 0.2) is 95.5 Å². The molecule has 0 aliphatic rings. The molecular formula is C27H29ClO3SeSi. The molecule has 3 nitrogen and oxygen atoms in total.